The van der Waals surface area contributed by atoms with Gasteiger partial charge in [-0.1, -0.05) is 12.8 Å². The van der Waals surface area contributed by atoms with Crippen molar-refractivity contribution in [2.75, 3.05) is 92.2 Å². The van der Waals surface area contributed by atoms with Gasteiger partial charge in [0.25, 0.3) is 0 Å². The van der Waals surface area contributed by atoms with Crippen molar-refractivity contribution < 1.29 is 33.3 Å². The highest BCUT2D eigenvalue weighted by atomic mass is 16.6. The van der Waals surface area contributed by atoms with Crippen LogP contribution < -0.4 is 33.6 Å². The first-order valence-corrected chi connectivity index (χ1v) is 14.4. The number of nitrogens with two attached hydrogens (primary N) is 4. The second-order valence-electron chi connectivity index (χ2n) is 9.13. The smallest absolute Gasteiger partial charge is 0.236 e. The highest BCUT2D eigenvalue weighted by molar-refractivity contribution is 5.81. The van der Waals surface area contributed by atoms with Crippen molar-refractivity contribution in [3.05, 3.63) is 0 Å². The first kappa shape index (κ1) is 37.6. The van der Waals surface area contributed by atoms with Crippen LogP contribution in [0.3, 0.4) is 0 Å². The van der Waals surface area contributed by atoms with E-state index in [9.17, 15) is 9.59 Å². The van der Waals surface area contributed by atoms with Crippen molar-refractivity contribution in [1.82, 2.24) is 10.6 Å². The summed E-state index contributed by atoms with van der Waals surface area (Å²) in [4.78, 5) is 23.6. The largest absolute Gasteiger partial charge is 0.379 e. The predicted molar refractivity (Wildman–Crippen MR) is 151 cm³/mol. The number of carbonyl (C=O) groups is 2. The van der Waals surface area contributed by atoms with Gasteiger partial charge in [-0.05, 0) is 51.6 Å². The molecule has 0 saturated carbocycles. The number of hydrogen-bond donors (Lipinski definition) is 6. The lowest BCUT2D eigenvalue weighted by Crippen LogP contribution is -2.41. The van der Waals surface area contributed by atoms with Gasteiger partial charge in [-0.15, -0.1) is 0 Å². The molecule has 0 aliphatic heterocycles. The minimum absolute atomic E-state index is 0.125. The van der Waals surface area contributed by atoms with E-state index < -0.39 is 12.1 Å². The van der Waals surface area contributed by atoms with Crippen molar-refractivity contribution in [3.8, 4) is 0 Å². The summed E-state index contributed by atoms with van der Waals surface area (Å²) in [7, 11) is 0. The van der Waals surface area contributed by atoms with E-state index >= 15 is 0 Å². The summed E-state index contributed by atoms with van der Waals surface area (Å²) < 4.78 is 27.3. The summed E-state index contributed by atoms with van der Waals surface area (Å²) in [6.45, 7) is 7.31. The van der Waals surface area contributed by atoms with Gasteiger partial charge < -0.3 is 57.3 Å². The zero-order valence-corrected chi connectivity index (χ0v) is 23.9. The lowest BCUT2D eigenvalue weighted by atomic mass is 10.1. The normalized spacial score (nSPS) is 12.8. The highest BCUT2D eigenvalue weighted by Crippen LogP contribution is 1.99. The summed E-state index contributed by atoms with van der Waals surface area (Å²) >= 11 is 0. The molecule has 0 unspecified atom stereocenters. The van der Waals surface area contributed by atoms with Crippen LogP contribution in [0.25, 0.3) is 0 Å². The fourth-order valence-corrected chi connectivity index (χ4v) is 3.29. The standard InChI is InChI=1S/C26H56N6O7/c27-9-3-1-7-23(29)25(33)31-11-5-13-35-15-17-37-19-21-39-22-20-38-18-16-36-14-6-12-32-26(34)24(30)8-2-4-10-28/h23-24H,1-22,27-30H2,(H,31,33)(H,32,34)/t23-,24-/m0/s1. The van der Waals surface area contributed by atoms with E-state index in [1.807, 2.05) is 0 Å². The van der Waals surface area contributed by atoms with Gasteiger partial charge >= 0.3 is 0 Å². The molecular formula is C26H56N6O7. The average molecular weight is 565 g/mol. The van der Waals surface area contributed by atoms with Crippen molar-refractivity contribution in [1.29, 1.82) is 0 Å². The summed E-state index contributed by atoms with van der Waals surface area (Å²) in [5.74, 6) is -0.251. The Kier molecular flexibility index (Phi) is 28.5. The minimum atomic E-state index is -0.473. The topological polar surface area (TPSA) is 208 Å². The van der Waals surface area contributed by atoms with Crippen LogP contribution in [0.4, 0.5) is 0 Å². The number of unbranched alkanes of at least 4 members (excludes halogenated alkanes) is 2. The number of nitrogens with one attached hydrogen (secondary N) is 2. The minimum Gasteiger partial charge on any atom is -0.379 e. The van der Waals surface area contributed by atoms with Gasteiger partial charge in [-0.3, -0.25) is 9.59 Å². The second kappa shape index (κ2) is 29.6. The number of rotatable bonds is 30. The lowest BCUT2D eigenvalue weighted by Gasteiger charge is -2.12. The maximum atomic E-state index is 11.8. The fourth-order valence-electron chi connectivity index (χ4n) is 3.29. The molecule has 2 amide bonds. The van der Waals surface area contributed by atoms with Gasteiger partial charge in [0, 0.05) is 26.3 Å². The Labute approximate surface area is 234 Å². The Bertz CT molecular complexity index is 517. The molecule has 39 heavy (non-hydrogen) atoms. The van der Waals surface area contributed by atoms with Gasteiger partial charge in [-0.25, -0.2) is 0 Å². The zero-order valence-electron chi connectivity index (χ0n) is 23.9. The van der Waals surface area contributed by atoms with E-state index in [1.165, 1.54) is 0 Å². The van der Waals surface area contributed by atoms with Crippen LogP contribution >= 0.6 is 0 Å². The third-order valence-corrected chi connectivity index (χ3v) is 5.63. The number of hydrogen-bond acceptors (Lipinski definition) is 11. The van der Waals surface area contributed by atoms with Crippen molar-refractivity contribution in [2.45, 2.75) is 63.5 Å². The van der Waals surface area contributed by atoms with E-state index in [-0.39, 0.29) is 11.8 Å². The van der Waals surface area contributed by atoms with Gasteiger partial charge in [0.05, 0.1) is 64.9 Å². The third-order valence-electron chi connectivity index (χ3n) is 5.63. The molecule has 0 rings (SSSR count). The van der Waals surface area contributed by atoms with E-state index in [1.54, 1.807) is 0 Å². The van der Waals surface area contributed by atoms with Crippen molar-refractivity contribution in [3.63, 3.8) is 0 Å². The van der Waals surface area contributed by atoms with Crippen LogP contribution in [-0.2, 0) is 33.3 Å². The average Bonchev–Trinajstić information content (AvgIpc) is 2.93. The second-order valence-corrected chi connectivity index (χ2v) is 9.13. The molecule has 0 heterocycles. The molecule has 0 aromatic rings. The van der Waals surface area contributed by atoms with E-state index in [2.05, 4.69) is 10.6 Å². The van der Waals surface area contributed by atoms with E-state index in [0.29, 0.717) is 105 Å². The van der Waals surface area contributed by atoms with Gasteiger partial charge in [0.1, 0.15) is 0 Å². The molecule has 0 bridgehead atoms. The molecule has 0 aromatic heterocycles. The van der Waals surface area contributed by atoms with Gasteiger partial charge in [0.15, 0.2) is 0 Å². The Balaban J connectivity index is 3.25. The molecule has 13 nitrogen and oxygen atoms in total. The molecule has 0 aliphatic carbocycles. The summed E-state index contributed by atoms with van der Waals surface area (Å²) in [5.41, 5.74) is 22.5. The number of ether oxygens (including phenoxy) is 5. The molecule has 0 fully saturated rings. The maximum absolute atomic E-state index is 11.8. The molecule has 0 aromatic carbocycles. The maximum Gasteiger partial charge on any atom is 0.236 e. The van der Waals surface area contributed by atoms with Gasteiger partial charge in [-0.2, -0.15) is 0 Å². The quantitative estimate of drug-likeness (QED) is 0.0583. The molecule has 232 valence electrons. The van der Waals surface area contributed by atoms with Crippen LogP contribution in [0.2, 0.25) is 0 Å². The molecule has 0 spiro atoms. The Morgan fingerprint density at radius 1 is 0.487 bits per heavy atom. The first-order valence-electron chi connectivity index (χ1n) is 14.4. The number of carbonyl (C=O) groups excluding carboxylic acids is 2. The van der Waals surface area contributed by atoms with E-state index in [4.69, 9.17) is 46.6 Å². The molecule has 13 heteroatoms. The Morgan fingerprint density at radius 3 is 1.10 bits per heavy atom. The fraction of sp³-hybridized carbons (Fsp3) is 0.923. The summed E-state index contributed by atoms with van der Waals surface area (Å²) in [6.07, 6.45) is 6.24. The van der Waals surface area contributed by atoms with E-state index in [0.717, 1.165) is 38.5 Å². The summed E-state index contributed by atoms with van der Waals surface area (Å²) in [5, 5.41) is 5.64. The summed E-state index contributed by atoms with van der Waals surface area (Å²) in [6, 6.07) is -0.946. The first-order chi connectivity index (χ1) is 19.0. The molecule has 0 aliphatic rings. The van der Waals surface area contributed by atoms with Crippen molar-refractivity contribution >= 4 is 11.8 Å². The van der Waals surface area contributed by atoms with Crippen molar-refractivity contribution in [2.24, 2.45) is 22.9 Å². The highest BCUT2D eigenvalue weighted by Gasteiger charge is 2.12. The van der Waals surface area contributed by atoms with Crippen LogP contribution in [0.5, 0.6) is 0 Å². The Morgan fingerprint density at radius 2 is 0.795 bits per heavy atom. The predicted octanol–water partition coefficient (Wildman–Crippen LogP) is -1.01. The molecule has 0 radical (unpaired) electrons. The van der Waals surface area contributed by atoms with Crippen LogP contribution in [0.15, 0.2) is 0 Å². The molecule has 10 N–H and O–H groups in total. The monoisotopic (exact) mass is 564 g/mol. The Hall–Kier alpha value is -1.42. The van der Waals surface area contributed by atoms with Crippen LogP contribution in [0.1, 0.15) is 51.4 Å². The van der Waals surface area contributed by atoms with Crippen LogP contribution in [-0.4, -0.2) is 116 Å². The number of amides is 2. The molecular weight excluding hydrogens is 508 g/mol. The lowest BCUT2D eigenvalue weighted by molar-refractivity contribution is -0.123. The van der Waals surface area contributed by atoms with Crippen LogP contribution in [0, 0.1) is 0 Å². The molecule has 0 saturated heterocycles. The SMILES string of the molecule is NCCCC[C@H](N)C(=O)NCCCOCCOCCOCCOCCOCCCNC(=O)[C@@H](N)CCCCN. The molecule has 2 atom stereocenters. The third kappa shape index (κ3) is 26.6. The van der Waals surface area contributed by atoms with Gasteiger partial charge in [0.2, 0.25) is 11.8 Å². The zero-order chi connectivity index (χ0) is 28.8.